The zero-order valence-corrected chi connectivity index (χ0v) is 12.9. The minimum Gasteiger partial charge on any atom is -0.392 e. The summed E-state index contributed by atoms with van der Waals surface area (Å²) in [6.45, 7) is 2.57. The zero-order valence-electron chi connectivity index (χ0n) is 12.1. The summed E-state index contributed by atoms with van der Waals surface area (Å²) in [6.07, 6.45) is 2.30. The highest BCUT2D eigenvalue weighted by molar-refractivity contribution is 7.89. The molecule has 2 rings (SSSR count). The Labute approximate surface area is 125 Å². The highest BCUT2D eigenvalue weighted by atomic mass is 32.2. The maximum absolute atomic E-state index is 13.3. The summed E-state index contributed by atoms with van der Waals surface area (Å²) < 4.78 is 39.6. The minimum absolute atomic E-state index is 0.158. The third kappa shape index (κ3) is 3.79. The van der Waals surface area contributed by atoms with E-state index in [1.165, 1.54) is 17.4 Å². The Morgan fingerprint density at radius 3 is 2.62 bits per heavy atom. The minimum atomic E-state index is -3.79. The number of sulfonamides is 1. The number of hydrogen-bond donors (Lipinski definition) is 1. The van der Waals surface area contributed by atoms with E-state index in [1.54, 1.807) is 0 Å². The second kappa shape index (κ2) is 6.83. The second-order valence-electron chi connectivity index (χ2n) is 5.29. The SMILES string of the molecule is CN(CCN1CCCC1)S(=O)(=O)c1cc(F)ccc1CO. The summed E-state index contributed by atoms with van der Waals surface area (Å²) in [5.74, 6) is -0.626. The standard InChI is InChI=1S/C14H21FN2O3S/c1-16(8-9-17-6-2-3-7-17)21(19,20)14-10-13(15)5-4-12(14)11-18/h4-5,10,18H,2-3,6-9,11H2,1H3. The Bertz CT molecular complexity index is 586. The van der Waals surface area contributed by atoms with E-state index < -0.39 is 22.4 Å². The lowest BCUT2D eigenvalue weighted by Gasteiger charge is -2.22. The highest BCUT2D eigenvalue weighted by Gasteiger charge is 2.25. The van der Waals surface area contributed by atoms with Crippen LogP contribution in [0.3, 0.4) is 0 Å². The van der Waals surface area contributed by atoms with Crippen molar-refractivity contribution in [3.63, 3.8) is 0 Å². The molecule has 0 aliphatic carbocycles. The molecule has 0 aromatic heterocycles. The summed E-state index contributed by atoms with van der Waals surface area (Å²) in [7, 11) is -2.31. The molecule has 1 aliphatic heterocycles. The van der Waals surface area contributed by atoms with Gasteiger partial charge in [0.25, 0.3) is 0 Å². The van der Waals surface area contributed by atoms with Crippen LogP contribution in [-0.2, 0) is 16.6 Å². The van der Waals surface area contributed by atoms with Crippen molar-refractivity contribution in [1.82, 2.24) is 9.21 Å². The normalized spacial score (nSPS) is 16.8. The highest BCUT2D eigenvalue weighted by Crippen LogP contribution is 2.21. The van der Waals surface area contributed by atoms with Gasteiger partial charge in [-0.1, -0.05) is 6.07 Å². The first-order chi connectivity index (χ1) is 9.95. The number of rotatable bonds is 6. The Balaban J connectivity index is 2.14. The number of aliphatic hydroxyl groups excluding tert-OH is 1. The second-order valence-corrected chi connectivity index (χ2v) is 7.30. The van der Waals surface area contributed by atoms with Crippen LogP contribution in [0, 0.1) is 5.82 Å². The molecule has 7 heteroatoms. The van der Waals surface area contributed by atoms with Crippen LogP contribution >= 0.6 is 0 Å². The van der Waals surface area contributed by atoms with Crippen molar-refractivity contribution in [1.29, 1.82) is 0 Å². The molecule has 5 nitrogen and oxygen atoms in total. The van der Waals surface area contributed by atoms with E-state index in [9.17, 15) is 17.9 Å². The lowest BCUT2D eigenvalue weighted by atomic mass is 10.2. The van der Waals surface area contributed by atoms with Gasteiger partial charge in [-0.15, -0.1) is 0 Å². The van der Waals surface area contributed by atoms with E-state index in [0.717, 1.165) is 38.1 Å². The van der Waals surface area contributed by atoms with E-state index in [0.29, 0.717) is 13.1 Å². The lowest BCUT2D eigenvalue weighted by Crippen LogP contribution is -2.35. The molecule has 0 amide bonds. The molecule has 0 atom stereocenters. The molecule has 1 aliphatic rings. The number of nitrogens with zero attached hydrogens (tertiary/aromatic N) is 2. The molecule has 1 aromatic rings. The fraction of sp³-hybridized carbons (Fsp3) is 0.571. The average Bonchev–Trinajstić information content (AvgIpc) is 2.97. The molecular formula is C14H21FN2O3S. The Morgan fingerprint density at radius 2 is 2.00 bits per heavy atom. The maximum atomic E-state index is 13.3. The topological polar surface area (TPSA) is 60.9 Å². The van der Waals surface area contributed by atoms with E-state index in [1.807, 2.05) is 0 Å². The molecule has 0 unspecified atom stereocenters. The van der Waals surface area contributed by atoms with Gasteiger partial charge in [0.1, 0.15) is 5.82 Å². The molecule has 1 N–H and O–H groups in total. The third-order valence-corrected chi connectivity index (χ3v) is 5.76. The van der Waals surface area contributed by atoms with E-state index in [2.05, 4.69) is 4.90 Å². The van der Waals surface area contributed by atoms with Crippen molar-refractivity contribution in [3.05, 3.63) is 29.6 Å². The van der Waals surface area contributed by atoms with Gasteiger partial charge in [0.2, 0.25) is 10.0 Å². The van der Waals surface area contributed by atoms with Gasteiger partial charge in [-0.05, 0) is 43.6 Å². The van der Waals surface area contributed by atoms with Crippen LogP contribution in [0.15, 0.2) is 23.1 Å². The summed E-state index contributed by atoms with van der Waals surface area (Å²) in [4.78, 5) is 2.05. The van der Waals surface area contributed by atoms with Crippen LogP contribution in [0.2, 0.25) is 0 Å². The maximum Gasteiger partial charge on any atom is 0.243 e. The van der Waals surface area contributed by atoms with Gasteiger partial charge < -0.3 is 10.0 Å². The molecule has 0 saturated carbocycles. The number of likely N-dealkylation sites (tertiary alicyclic amines) is 1. The van der Waals surface area contributed by atoms with Crippen molar-refractivity contribution in [2.75, 3.05) is 33.2 Å². The quantitative estimate of drug-likeness (QED) is 0.852. The van der Waals surface area contributed by atoms with E-state index >= 15 is 0 Å². The number of benzene rings is 1. The molecular weight excluding hydrogens is 295 g/mol. The molecule has 0 spiro atoms. The summed E-state index contributed by atoms with van der Waals surface area (Å²) >= 11 is 0. The van der Waals surface area contributed by atoms with Crippen LogP contribution in [-0.4, -0.2) is 56.0 Å². The first kappa shape index (κ1) is 16.4. The molecule has 1 heterocycles. The molecule has 1 fully saturated rings. The van der Waals surface area contributed by atoms with Crippen LogP contribution < -0.4 is 0 Å². The van der Waals surface area contributed by atoms with Gasteiger partial charge in [0, 0.05) is 20.1 Å². The molecule has 0 radical (unpaired) electrons. The van der Waals surface area contributed by atoms with Gasteiger partial charge in [-0.3, -0.25) is 0 Å². The Morgan fingerprint density at radius 1 is 1.33 bits per heavy atom. The number of halogens is 1. The predicted octanol–water partition coefficient (Wildman–Crippen LogP) is 1.03. The predicted molar refractivity (Wildman–Crippen MR) is 77.8 cm³/mol. The Hall–Kier alpha value is -1.02. The van der Waals surface area contributed by atoms with Crippen molar-refractivity contribution >= 4 is 10.0 Å². The fourth-order valence-corrected chi connectivity index (χ4v) is 3.86. The monoisotopic (exact) mass is 316 g/mol. The van der Waals surface area contributed by atoms with Gasteiger partial charge in [-0.2, -0.15) is 4.31 Å². The zero-order chi connectivity index (χ0) is 15.5. The number of hydrogen-bond acceptors (Lipinski definition) is 4. The van der Waals surface area contributed by atoms with Gasteiger partial charge in [0.05, 0.1) is 11.5 Å². The van der Waals surface area contributed by atoms with E-state index in [-0.39, 0.29) is 10.5 Å². The molecule has 1 saturated heterocycles. The van der Waals surface area contributed by atoms with Crippen molar-refractivity contribution in [3.8, 4) is 0 Å². The summed E-state index contributed by atoms with van der Waals surface area (Å²) in [5, 5.41) is 9.24. The van der Waals surface area contributed by atoms with Crippen molar-refractivity contribution in [2.45, 2.75) is 24.3 Å². The van der Waals surface area contributed by atoms with Crippen LogP contribution in [0.1, 0.15) is 18.4 Å². The number of likely N-dealkylation sites (N-methyl/N-ethyl adjacent to an activating group) is 1. The van der Waals surface area contributed by atoms with Crippen LogP contribution in [0.25, 0.3) is 0 Å². The number of aliphatic hydroxyl groups is 1. The molecule has 118 valence electrons. The summed E-state index contributed by atoms with van der Waals surface area (Å²) in [6, 6.07) is 3.42. The van der Waals surface area contributed by atoms with E-state index in [4.69, 9.17) is 0 Å². The first-order valence-electron chi connectivity index (χ1n) is 7.03. The van der Waals surface area contributed by atoms with Gasteiger partial charge >= 0.3 is 0 Å². The van der Waals surface area contributed by atoms with Crippen molar-refractivity contribution in [2.24, 2.45) is 0 Å². The smallest absolute Gasteiger partial charge is 0.243 e. The fourth-order valence-electron chi connectivity index (χ4n) is 2.48. The van der Waals surface area contributed by atoms with Gasteiger partial charge in [-0.25, -0.2) is 12.8 Å². The Kier molecular flexibility index (Phi) is 5.32. The molecule has 0 bridgehead atoms. The molecule has 21 heavy (non-hydrogen) atoms. The van der Waals surface area contributed by atoms with Crippen molar-refractivity contribution < 1.29 is 17.9 Å². The first-order valence-corrected chi connectivity index (χ1v) is 8.47. The molecule has 1 aromatic carbocycles. The largest absolute Gasteiger partial charge is 0.392 e. The lowest BCUT2D eigenvalue weighted by molar-refractivity contribution is 0.277. The third-order valence-electron chi connectivity index (χ3n) is 3.82. The van der Waals surface area contributed by atoms with Gasteiger partial charge in [0.15, 0.2) is 0 Å². The summed E-state index contributed by atoms with van der Waals surface area (Å²) in [5.41, 5.74) is 0.212. The average molecular weight is 316 g/mol. The van der Waals surface area contributed by atoms with Crippen LogP contribution in [0.5, 0.6) is 0 Å². The van der Waals surface area contributed by atoms with Crippen LogP contribution in [0.4, 0.5) is 4.39 Å².